The van der Waals surface area contributed by atoms with Crippen LogP contribution in [0.3, 0.4) is 0 Å². The van der Waals surface area contributed by atoms with E-state index in [0.29, 0.717) is 12.4 Å². The summed E-state index contributed by atoms with van der Waals surface area (Å²) < 4.78 is 10.6. The highest BCUT2D eigenvalue weighted by molar-refractivity contribution is 7.99. The summed E-state index contributed by atoms with van der Waals surface area (Å²) in [4.78, 5) is 11.6. The number of thioether (sulfide) groups is 1. The van der Waals surface area contributed by atoms with Gasteiger partial charge in [0.15, 0.2) is 0 Å². The number of hydrogen-bond donors (Lipinski definition) is 1. The van der Waals surface area contributed by atoms with Crippen LogP contribution in [0.5, 0.6) is 5.75 Å². The van der Waals surface area contributed by atoms with Crippen LogP contribution in [0.2, 0.25) is 0 Å². The highest BCUT2D eigenvalue weighted by atomic mass is 32.2. The van der Waals surface area contributed by atoms with Crippen molar-refractivity contribution in [3.05, 3.63) is 60.2 Å². The van der Waals surface area contributed by atoms with E-state index in [-0.39, 0.29) is 12.6 Å². The van der Waals surface area contributed by atoms with Gasteiger partial charge in [-0.2, -0.15) is 0 Å². The van der Waals surface area contributed by atoms with Gasteiger partial charge in [-0.25, -0.2) is 0 Å². The Morgan fingerprint density at radius 1 is 1.00 bits per heavy atom. The minimum Gasteiger partial charge on any atom is -0.490 e. The third kappa shape index (κ3) is 6.10. The summed E-state index contributed by atoms with van der Waals surface area (Å²) in [5.41, 5.74) is 7.50. The molecule has 0 aliphatic heterocycles. The van der Waals surface area contributed by atoms with Gasteiger partial charge in [0.05, 0.1) is 5.75 Å². The second kappa shape index (κ2) is 9.00. The normalized spacial score (nSPS) is 10.2. The molecule has 2 aromatic carbocycles. The first-order chi connectivity index (χ1) is 10.7. The van der Waals surface area contributed by atoms with Gasteiger partial charge in [0, 0.05) is 11.4 Å². The Morgan fingerprint density at radius 2 is 1.73 bits per heavy atom. The van der Waals surface area contributed by atoms with Gasteiger partial charge >= 0.3 is 5.97 Å². The number of hydrogen-bond acceptors (Lipinski definition) is 5. The predicted octanol–water partition coefficient (Wildman–Crippen LogP) is 3.12. The quantitative estimate of drug-likeness (QED) is 0.460. The van der Waals surface area contributed by atoms with Crippen LogP contribution in [0, 0.1) is 0 Å². The molecule has 0 aliphatic carbocycles. The van der Waals surface area contributed by atoms with Crippen molar-refractivity contribution in [1.82, 2.24) is 0 Å². The second-order valence-corrected chi connectivity index (χ2v) is 5.60. The summed E-state index contributed by atoms with van der Waals surface area (Å²) in [6.45, 7) is 0.620. The van der Waals surface area contributed by atoms with Gasteiger partial charge in [0.2, 0.25) is 0 Å². The molecule has 4 nitrogen and oxygen atoms in total. The maximum absolute atomic E-state index is 11.6. The van der Waals surface area contributed by atoms with Crippen molar-refractivity contribution in [1.29, 1.82) is 0 Å². The van der Waals surface area contributed by atoms with Crippen LogP contribution in [0.25, 0.3) is 0 Å². The molecule has 0 bridgehead atoms. The van der Waals surface area contributed by atoms with E-state index >= 15 is 0 Å². The second-order valence-electron chi connectivity index (χ2n) is 4.62. The number of nitrogen functional groups attached to an aromatic ring is 1. The first-order valence-corrected chi connectivity index (χ1v) is 8.15. The Bertz CT molecular complexity index is 572. The summed E-state index contributed by atoms with van der Waals surface area (Å²) in [5, 5.41) is 0. The van der Waals surface area contributed by atoms with E-state index in [9.17, 15) is 4.79 Å². The standard InChI is InChI=1S/C17H19NO3S/c18-15-8-6-14(7-9-15)12-22-13-17(19)21-11-10-20-16-4-2-1-3-5-16/h1-9H,10-13,18H2. The summed E-state index contributed by atoms with van der Waals surface area (Å²) >= 11 is 1.52. The maximum Gasteiger partial charge on any atom is 0.316 e. The van der Waals surface area contributed by atoms with Gasteiger partial charge in [0.25, 0.3) is 0 Å². The van der Waals surface area contributed by atoms with Crippen LogP contribution in [0.15, 0.2) is 54.6 Å². The van der Waals surface area contributed by atoms with Crippen molar-refractivity contribution in [3.8, 4) is 5.75 Å². The van der Waals surface area contributed by atoms with E-state index in [2.05, 4.69) is 0 Å². The summed E-state index contributed by atoms with van der Waals surface area (Å²) in [6, 6.07) is 17.1. The molecular formula is C17H19NO3S. The van der Waals surface area contributed by atoms with Crippen molar-refractivity contribution < 1.29 is 14.3 Å². The molecule has 0 amide bonds. The molecule has 0 fully saturated rings. The Labute approximate surface area is 134 Å². The maximum atomic E-state index is 11.6. The minimum absolute atomic E-state index is 0.225. The topological polar surface area (TPSA) is 61.6 Å². The lowest BCUT2D eigenvalue weighted by Gasteiger charge is -2.07. The number of anilines is 1. The number of carbonyl (C=O) groups is 1. The number of carbonyl (C=O) groups excluding carboxylic acids is 1. The number of benzene rings is 2. The summed E-state index contributed by atoms with van der Waals surface area (Å²) in [5.74, 6) is 1.64. The third-order valence-corrected chi connectivity index (χ3v) is 3.80. The van der Waals surface area contributed by atoms with Crippen molar-refractivity contribution >= 4 is 23.4 Å². The molecule has 2 N–H and O–H groups in total. The highest BCUT2D eigenvalue weighted by Crippen LogP contribution is 2.14. The fourth-order valence-electron chi connectivity index (χ4n) is 1.74. The number of nitrogens with two attached hydrogens (primary N) is 1. The molecule has 0 radical (unpaired) electrons. The van der Waals surface area contributed by atoms with Gasteiger partial charge in [-0.15, -0.1) is 11.8 Å². The van der Waals surface area contributed by atoms with Crippen molar-refractivity contribution in [2.45, 2.75) is 5.75 Å². The molecule has 0 heterocycles. The lowest BCUT2D eigenvalue weighted by molar-refractivity contribution is -0.141. The molecule has 5 heteroatoms. The van der Waals surface area contributed by atoms with Crippen molar-refractivity contribution in [3.63, 3.8) is 0 Å². The monoisotopic (exact) mass is 317 g/mol. The molecule has 0 atom stereocenters. The van der Waals surface area contributed by atoms with Crippen molar-refractivity contribution in [2.75, 3.05) is 24.7 Å². The first-order valence-electron chi connectivity index (χ1n) is 6.99. The van der Waals surface area contributed by atoms with Crippen LogP contribution in [-0.2, 0) is 15.3 Å². The van der Waals surface area contributed by atoms with E-state index in [4.69, 9.17) is 15.2 Å². The SMILES string of the molecule is Nc1ccc(CSCC(=O)OCCOc2ccccc2)cc1. The molecule has 22 heavy (non-hydrogen) atoms. The molecule has 2 aromatic rings. The number of ether oxygens (including phenoxy) is 2. The Balaban J connectivity index is 1.55. The number of esters is 1. The van der Waals surface area contributed by atoms with E-state index in [1.165, 1.54) is 11.8 Å². The first kappa shape index (κ1) is 16.2. The molecule has 0 saturated carbocycles. The zero-order valence-electron chi connectivity index (χ0n) is 12.2. The molecule has 116 valence electrons. The van der Waals surface area contributed by atoms with E-state index in [1.54, 1.807) is 0 Å². The molecule has 0 unspecified atom stereocenters. The Hall–Kier alpha value is -2.14. The molecule has 0 saturated heterocycles. The largest absolute Gasteiger partial charge is 0.490 e. The minimum atomic E-state index is -0.225. The van der Waals surface area contributed by atoms with Crippen LogP contribution < -0.4 is 10.5 Å². The van der Waals surface area contributed by atoms with Gasteiger partial charge < -0.3 is 15.2 Å². The summed E-state index contributed by atoms with van der Waals surface area (Å²) in [6.07, 6.45) is 0. The van der Waals surface area contributed by atoms with Gasteiger partial charge in [-0.1, -0.05) is 30.3 Å². The van der Waals surface area contributed by atoms with Crippen molar-refractivity contribution in [2.24, 2.45) is 0 Å². The molecule has 0 aliphatic rings. The Morgan fingerprint density at radius 3 is 2.45 bits per heavy atom. The molecular weight excluding hydrogens is 298 g/mol. The zero-order valence-corrected chi connectivity index (χ0v) is 13.1. The lowest BCUT2D eigenvalue weighted by Crippen LogP contribution is -2.13. The highest BCUT2D eigenvalue weighted by Gasteiger charge is 2.03. The van der Waals surface area contributed by atoms with Crippen LogP contribution in [0.1, 0.15) is 5.56 Å². The van der Waals surface area contributed by atoms with E-state index < -0.39 is 0 Å². The number of rotatable bonds is 8. The lowest BCUT2D eigenvalue weighted by atomic mass is 10.2. The predicted molar refractivity (Wildman–Crippen MR) is 89.9 cm³/mol. The van der Waals surface area contributed by atoms with Crippen LogP contribution in [0.4, 0.5) is 5.69 Å². The number of para-hydroxylation sites is 1. The average Bonchev–Trinajstić information content (AvgIpc) is 2.54. The molecule has 2 rings (SSSR count). The fourth-order valence-corrected chi connectivity index (χ4v) is 2.52. The van der Waals surface area contributed by atoms with Crippen LogP contribution in [-0.4, -0.2) is 24.9 Å². The van der Waals surface area contributed by atoms with Crippen LogP contribution >= 0.6 is 11.8 Å². The molecule has 0 spiro atoms. The zero-order chi connectivity index (χ0) is 15.6. The van der Waals surface area contributed by atoms with Gasteiger partial charge in [-0.05, 0) is 29.8 Å². The summed E-state index contributed by atoms with van der Waals surface area (Å²) in [7, 11) is 0. The van der Waals surface area contributed by atoms with E-state index in [0.717, 1.165) is 22.8 Å². The smallest absolute Gasteiger partial charge is 0.316 e. The fraction of sp³-hybridized carbons (Fsp3) is 0.235. The molecule has 0 aromatic heterocycles. The Kier molecular flexibility index (Phi) is 6.64. The van der Waals surface area contributed by atoms with E-state index in [1.807, 2.05) is 54.6 Å². The third-order valence-electron chi connectivity index (χ3n) is 2.83. The average molecular weight is 317 g/mol. The van der Waals surface area contributed by atoms with Gasteiger partial charge in [0.1, 0.15) is 19.0 Å². The van der Waals surface area contributed by atoms with Gasteiger partial charge in [-0.3, -0.25) is 4.79 Å².